The standard InChI is InChI=1S/C12H17NO3S/c1-3-12(16,4-2)8-17-9-5-6-13-10(7-9)11(14)15/h5-7,16H,3-4,8H2,1-2H3,(H,14,15). The van der Waals surface area contributed by atoms with Crippen molar-refractivity contribution in [3.05, 3.63) is 24.0 Å². The number of aromatic carboxylic acids is 1. The van der Waals surface area contributed by atoms with Crippen LogP contribution in [0.3, 0.4) is 0 Å². The van der Waals surface area contributed by atoms with E-state index in [1.807, 2.05) is 13.8 Å². The maximum absolute atomic E-state index is 10.7. The number of aliphatic hydroxyl groups is 1. The van der Waals surface area contributed by atoms with Gasteiger partial charge in [0.15, 0.2) is 0 Å². The summed E-state index contributed by atoms with van der Waals surface area (Å²) in [6.07, 6.45) is 2.85. The molecule has 0 radical (unpaired) electrons. The molecule has 4 nitrogen and oxygen atoms in total. The molecule has 1 aromatic heterocycles. The summed E-state index contributed by atoms with van der Waals surface area (Å²) >= 11 is 1.45. The first-order chi connectivity index (χ1) is 8.00. The minimum Gasteiger partial charge on any atom is -0.477 e. The Kier molecular flexibility index (Phi) is 4.96. The van der Waals surface area contributed by atoms with Crippen LogP contribution in [-0.4, -0.2) is 32.5 Å². The highest BCUT2D eigenvalue weighted by Gasteiger charge is 2.22. The second-order valence-corrected chi connectivity index (χ2v) is 4.95. The average molecular weight is 255 g/mol. The number of hydrogen-bond acceptors (Lipinski definition) is 4. The van der Waals surface area contributed by atoms with E-state index in [1.54, 1.807) is 6.07 Å². The maximum Gasteiger partial charge on any atom is 0.354 e. The monoisotopic (exact) mass is 255 g/mol. The van der Waals surface area contributed by atoms with Gasteiger partial charge in [-0.25, -0.2) is 9.78 Å². The lowest BCUT2D eigenvalue weighted by atomic mass is 10.0. The molecule has 0 saturated heterocycles. The molecule has 0 aliphatic rings. The number of carboxylic acids is 1. The first-order valence-electron chi connectivity index (χ1n) is 5.55. The molecule has 0 fully saturated rings. The molecule has 1 heterocycles. The van der Waals surface area contributed by atoms with E-state index in [-0.39, 0.29) is 5.69 Å². The molecule has 0 amide bonds. The van der Waals surface area contributed by atoms with E-state index in [2.05, 4.69) is 4.98 Å². The second kappa shape index (κ2) is 6.02. The van der Waals surface area contributed by atoms with Crippen molar-refractivity contribution in [2.45, 2.75) is 37.2 Å². The molecular weight excluding hydrogens is 238 g/mol. The molecule has 0 spiro atoms. The van der Waals surface area contributed by atoms with Crippen molar-refractivity contribution in [2.24, 2.45) is 0 Å². The van der Waals surface area contributed by atoms with Gasteiger partial charge in [0.25, 0.3) is 0 Å². The van der Waals surface area contributed by atoms with Crippen LogP contribution in [0.2, 0.25) is 0 Å². The van der Waals surface area contributed by atoms with Gasteiger partial charge in [0, 0.05) is 16.8 Å². The highest BCUT2D eigenvalue weighted by molar-refractivity contribution is 7.99. The number of thioether (sulfide) groups is 1. The van der Waals surface area contributed by atoms with E-state index in [4.69, 9.17) is 5.11 Å². The molecule has 0 aromatic carbocycles. The molecule has 0 aliphatic carbocycles. The lowest BCUT2D eigenvalue weighted by Crippen LogP contribution is -2.29. The molecule has 5 heteroatoms. The Hall–Kier alpha value is -1.07. The lowest BCUT2D eigenvalue weighted by molar-refractivity contribution is 0.0571. The first-order valence-corrected chi connectivity index (χ1v) is 6.54. The van der Waals surface area contributed by atoms with E-state index < -0.39 is 11.6 Å². The average Bonchev–Trinajstić information content (AvgIpc) is 2.36. The normalized spacial score (nSPS) is 11.5. The van der Waals surface area contributed by atoms with E-state index in [9.17, 15) is 9.90 Å². The van der Waals surface area contributed by atoms with Gasteiger partial charge in [-0.2, -0.15) is 0 Å². The number of nitrogens with zero attached hydrogens (tertiary/aromatic N) is 1. The van der Waals surface area contributed by atoms with E-state index in [0.717, 1.165) is 4.90 Å². The van der Waals surface area contributed by atoms with Gasteiger partial charge in [0.05, 0.1) is 5.60 Å². The third kappa shape index (κ3) is 4.02. The van der Waals surface area contributed by atoms with Crippen molar-refractivity contribution in [1.82, 2.24) is 4.98 Å². The molecule has 1 aromatic rings. The van der Waals surface area contributed by atoms with Crippen LogP contribution in [0.25, 0.3) is 0 Å². The summed E-state index contributed by atoms with van der Waals surface area (Å²) in [4.78, 5) is 15.3. The quantitative estimate of drug-likeness (QED) is 0.764. The topological polar surface area (TPSA) is 70.4 Å². The molecular formula is C12H17NO3S. The fraction of sp³-hybridized carbons (Fsp3) is 0.500. The van der Waals surface area contributed by atoms with Crippen molar-refractivity contribution in [3.8, 4) is 0 Å². The number of pyridine rings is 1. The molecule has 0 aliphatic heterocycles. The zero-order valence-corrected chi connectivity index (χ0v) is 10.8. The Morgan fingerprint density at radius 3 is 2.65 bits per heavy atom. The van der Waals surface area contributed by atoms with Crippen LogP contribution >= 0.6 is 11.8 Å². The summed E-state index contributed by atoms with van der Waals surface area (Å²) in [5.41, 5.74) is -0.649. The number of carboxylic acid groups (broad SMARTS) is 1. The number of rotatable bonds is 6. The molecule has 0 bridgehead atoms. The van der Waals surface area contributed by atoms with Gasteiger partial charge in [0.1, 0.15) is 5.69 Å². The van der Waals surface area contributed by atoms with Crippen LogP contribution in [0.15, 0.2) is 23.2 Å². The van der Waals surface area contributed by atoms with Crippen molar-refractivity contribution in [2.75, 3.05) is 5.75 Å². The Bertz CT molecular complexity index is 391. The van der Waals surface area contributed by atoms with Crippen molar-refractivity contribution in [3.63, 3.8) is 0 Å². The molecule has 94 valence electrons. The second-order valence-electron chi connectivity index (χ2n) is 3.90. The highest BCUT2D eigenvalue weighted by atomic mass is 32.2. The van der Waals surface area contributed by atoms with Gasteiger partial charge in [-0.15, -0.1) is 11.8 Å². The molecule has 2 N–H and O–H groups in total. The first kappa shape index (κ1) is 14.0. The van der Waals surface area contributed by atoms with Gasteiger partial charge < -0.3 is 10.2 Å². The van der Waals surface area contributed by atoms with Crippen molar-refractivity contribution >= 4 is 17.7 Å². The van der Waals surface area contributed by atoms with Gasteiger partial charge in [0.2, 0.25) is 0 Å². The highest BCUT2D eigenvalue weighted by Crippen LogP contribution is 2.26. The Morgan fingerprint density at radius 1 is 1.47 bits per heavy atom. The van der Waals surface area contributed by atoms with Crippen molar-refractivity contribution in [1.29, 1.82) is 0 Å². The summed E-state index contributed by atoms with van der Waals surface area (Å²) in [5.74, 6) is -0.475. The van der Waals surface area contributed by atoms with E-state index >= 15 is 0 Å². The number of aromatic nitrogens is 1. The Labute approximate surface area is 105 Å². The number of hydrogen-bond donors (Lipinski definition) is 2. The summed E-state index contributed by atoms with van der Waals surface area (Å²) in [5, 5.41) is 18.9. The third-order valence-corrected chi connectivity index (χ3v) is 4.04. The summed E-state index contributed by atoms with van der Waals surface area (Å²) in [6.45, 7) is 3.89. The third-order valence-electron chi connectivity index (χ3n) is 2.77. The molecule has 17 heavy (non-hydrogen) atoms. The van der Waals surface area contributed by atoms with E-state index in [1.165, 1.54) is 24.0 Å². The van der Waals surface area contributed by atoms with Gasteiger partial charge in [-0.1, -0.05) is 13.8 Å². The van der Waals surface area contributed by atoms with Crippen LogP contribution < -0.4 is 0 Å². The summed E-state index contributed by atoms with van der Waals surface area (Å²) in [7, 11) is 0. The molecule has 0 unspecified atom stereocenters. The summed E-state index contributed by atoms with van der Waals surface area (Å²) in [6, 6.07) is 3.28. The largest absolute Gasteiger partial charge is 0.477 e. The zero-order chi connectivity index (χ0) is 12.9. The number of carbonyl (C=O) groups is 1. The van der Waals surface area contributed by atoms with Crippen LogP contribution in [0, 0.1) is 0 Å². The smallest absolute Gasteiger partial charge is 0.354 e. The molecule has 0 atom stereocenters. The predicted molar refractivity (Wildman–Crippen MR) is 67.5 cm³/mol. The lowest BCUT2D eigenvalue weighted by Gasteiger charge is -2.24. The zero-order valence-electron chi connectivity index (χ0n) is 10.0. The minimum absolute atomic E-state index is 0.0338. The predicted octanol–water partition coefficient (Wildman–Crippen LogP) is 2.42. The fourth-order valence-electron chi connectivity index (χ4n) is 1.29. The summed E-state index contributed by atoms with van der Waals surface area (Å²) < 4.78 is 0. The minimum atomic E-state index is -1.03. The van der Waals surface area contributed by atoms with Crippen LogP contribution in [0.5, 0.6) is 0 Å². The Balaban J connectivity index is 2.69. The van der Waals surface area contributed by atoms with Crippen LogP contribution in [0.4, 0.5) is 0 Å². The van der Waals surface area contributed by atoms with Gasteiger partial charge >= 0.3 is 5.97 Å². The van der Waals surface area contributed by atoms with Crippen LogP contribution in [0.1, 0.15) is 37.2 Å². The Morgan fingerprint density at radius 2 is 2.12 bits per heavy atom. The molecule has 0 saturated carbocycles. The van der Waals surface area contributed by atoms with Crippen molar-refractivity contribution < 1.29 is 15.0 Å². The van der Waals surface area contributed by atoms with Gasteiger partial charge in [-0.05, 0) is 25.0 Å². The van der Waals surface area contributed by atoms with Gasteiger partial charge in [-0.3, -0.25) is 0 Å². The molecule has 1 rings (SSSR count). The maximum atomic E-state index is 10.7. The fourth-order valence-corrected chi connectivity index (χ4v) is 2.49. The van der Waals surface area contributed by atoms with Crippen LogP contribution in [-0.2, 0) is 0 Å². The SMILES string of the molecule is CCC(O)(CC)CSc1ccnc(C(=O)O)c1. The van der Waals surface area contributed by atoms with E-state index in [0.29, 0.717) is 18.6 Å².